The van der Waals surface area contributed by atoms with E-state index in [0.717, 1.165) is 30.4 Å². The molecule has 0 bridgehead atoms. The van der Waals surface area contributed by atoms with Crippen LogP contribution in [-0.4, -0.2) is 30.4 Å². The maximum Gasteiger partial charge on any atom is 0.253 e. The predicted molar refractivity (Wildman–Crippen MR) is 82.8 cm³/mol. The molecule has 0 unspecified atom stereocenters. The lowest BCUT2D eigenvalue weighted by molar-refractivity contribution is 0.0717. The topological polar surface area (TPSA) is 46.3 Å². The molecule has 0 heterocycles. The van der Waals surface area contributed by atoms with Gasteiger partial charge < -0.3 is 10.6 Å². The van der Waals surface area contributed by atoms with Crippen molar-refractivity contribution < 1.29 is 4.79 Å². The van der Waals surface area contributed by atoms with E-state index in [1.165, 1.54) is 25.7 Å². The molecule has 2 N–H and O–H groups in total. The molecule has 2 rings (SSSR count). The molecular formula is C17H26N2O. The van der Waals surface area contributed by atoms with Gasteiger partial charge in [-0.2, -0.15) is 0 Å². The van der Waals surface area contributed by atoms with Gasteiger partial charge in [0, 0.05) is 18.7 Å². The van der Waals surface area contributed by atoms with Crippen LogP contribution in [0.4, 0.5) is 0 Å². The highest BCUT2D eigenvalue weighted by atomic mass is 16.2. The lowest BCUT2D eigenvalue weighted by Gasteiger charge is -2.27. The monoisotopic (exact) mass is 274 g/mol. The molecule has 1 aliphatic rings. The smallest absolute Gasteiger partial charge is 0.253 e. The number of amides is 1. The second-order valence-corrected chi connectivity index (χ2v) is 5.80. The first-order valence-corrected chi connectivity index (χ1v) is 7.78. The summed E-state index contributed by atoms with van der Waals surface area (Å²) in [6.45, 7) is 0.621. The SMILES string of the molecule is CN(C(=O)c1cccc(CCN)c1)C1CCCCCC1. The molecule has 0 saturated heterocycles. The third-order valence-electron chi connectivity index (χ3n) is 4.30. The summed E-state index contributed by atoms with van der Waals surface area (Å²) in [5.74, 6) is 0.149. The highest BCUT2D eigenvalue weighted by molar-refractivity contribution is 5.94. The summed E-state index contributed by atoms with van der Waals surface area (Å²) in [5, 5.41) is 0. The van der Waals surface area contributed by atoms with Gasteiger partial charge in [0.25, 0.3) is 5.91 Å². The molecule has 1 aromatic carbocycles. The fraction of sp³-hybridized carbons (Fsp3) is 0.588. The first-order chi connectivity index (χ1) is 9.72. The molecule has 20 heavy (non-hydrogen) atoms. The van der Waals surface area contributed by atoms with E-state index in [1.807, 2.05) is 36.2 Å². The summed E-state index contributed by atoms with van der Waals surface area (Å²) in [4.78, 5) is 14.6. The number of nitrogens with zero attached hydrogens (tertiary/aromatic N) is 1. The van der Waals surface area contributed by atoms with E-state index < -0.39 is 0 Å². The normalized spacial score (nSPS) is 16.7. The molecule has 3 heteroatoms. The largest absolute Gasteiger partial charge is 0.339 e. The minimum atomic E-state index is 0.149. The van der Waals surface area contributed by atoms with Crippen LogP contribution in [0.25, 0.3) is 0 Å². The van der Waals surface area contributed by atoms with E-state index in [2.05, 4.69) is 0 Å². The van der Waals surface area contributed by atoms with Crippen LogP contribution in [0.1, 0.15) is 54.4 Å². The van der Waals surface area contributed by atoms with Gasteiger partial charge in [-0.1, -0.05) is 37.8 Å². The van der Waals surface area contributed by atoms with Crippen molar-refractivity contribution in [2.24, 2.45) is 5.73 Å². The summed E-state index contributed by atoms with van der Waals surface area (Å²) >= 11 is 0. The van der Waals surface area contributed by atoms with E-state index in [1.54, 1.807) is 0 Å². The quantitative estimate of drug-likeness (QED) is 0.858. The highest BCUT2D eigenvalue weighted by Crippen LogP contribution is 2.22. The van der Waals surface area contributed by atoms with Crippen LogP contribution in [0.3, 0.4) is 0 Å². The van der Waals surface area contributed by atoms with Crippen LogP contribution < -0.4 is 5.73 Å². The molecule has 3 nitrogen and oxygen atoms in total. The van der Waals surface area contributed by atoms with Gasteiger partial charge in [-0.15, -0.1) is 0 Å². The molecule has 1 fully saturated rings. The molecule has 0 aromatic heterocycles. The molecule has 110 valence electrons. The Hall–Kier alpha value is -1.35. The Morgan fingerprint density at radius 1 is 1.25 bits per heavy atom. The summed E-state index contributed by atoms with van der Waals surface area (Å²) in [6, 6.07) is 8.30. The van der Waals surface area contributed by atoms with Gasteiger partial charge in [-0.25, -0.2) is 0 Å². The standard InChI is InChI=1S/C17H26N2O/c1-19(16-9-4-2-3-5-10-16)17(20)15-8-6-7-14(13-15)11-12-18/h6-8,13,16H,2-5,9-12,18H2,1H3. The van der Waals surface area contributed by atoms with Crippen LogP contribution in [-0.2, 0) is 6.42 Å². The van der Waals surface area contributed by atoms with Gasteiger partial charge in [0.15, 0.2) is 0 Å². The number of carbonyl (C=O) groups is 1. The number of rotatable bonds is 4. The van der Waals surface area contributed by atoms with E-state index in [0.29, 0.717) is 12.6 Å². The van der Waals surface area contributed by atoms with Gasteiger partial charge in [-0.3, -0.25) is 4.79 Å². The maximum atomic E-state index is 12.6. The second-order valence-electron chi connectivity index (χ2n) is 5.80. The van der Waals surface area contributed by atoms with E-state index >= 15 is 0 Å². The van der Waals surface area contributed by atoms with Crippen molar-refractivity contribution in [3.63, 3.8) is 0 Å². The molecule has 0 spiro atoms. The third-order valence-corrected chi connectivity index (χ3v) is 4.30. The van der Waals surface area contributed by atoms with Gasteiger partial charge in [0.1, 0.15) is 0 Å². The van der Waals surface area contributed by atoms with Crippen molar-refractivity contribution in [1.82, 2.24) is 4.90 Å². The van der Waals surface area contributed by atoms with Crippen molar-refractivity contribution in [2.45, 2.75) is 51.0 Å². The van der Waals surface area contributed by atoms with Crippen molar-refractivity contribution in [1.29, 1.82) is 0 Å². The summed E-state index contributed by atoms with van der Waals surface area (Å²) in [5.41, 5.74) is 7.53. The Kier molecular flexibility index (Phi) is 5.60. The highest BCUT2D eigenvalue weighted by Gasteiger charge is 2.22. The van der Waals surface area contributed by atoms with E-state index in [-0.39, 0.29) is 5.91 Å². The molecular weight excluding hydrogens is 248 g/mol. The lowest BCUT2D eigenvalue weighted by Crippen LogP contribution is -2.36. The zero-order chi connectivity index (χ0) is 14.4. The van der Waals surface area contributed by atoms with Crippen molar-refractivity contribution in [2.75, 3.05) is 13.6 Å². The number of nitrogens with two attached hydrogens (primary N) is 1. The Morgan fingerprint density at radius 2 is 1.95 bits per heavy atom. The Labute approximate surface area is 122 Å². The summed E-state index contributed by atoms with van der Waals surface area (Å²) in [6.07, 6.45) is 8.23. The average Bonchev–Trinajstić information content (AvgIpc) is 2.75. The second kappa shape index (κ2) is 7.44. The minimum absolute atomic E-state index is 0.149. The summed E-state index contributed by atoms with van der Waals surface area (Å²) in [7, 11) is 1.95. The van der Waals surface area contributed by atoms with Crippen molar-refractivity contribution in [3.05, 3.63) is 35.4 Å². The molecule has 1 saturated carbocycles. The lowest BCUT2D eigenvalue weighted by atomic mass is 10.0. The number of hydrogen-bond donors (Lipinski definition) is 1. The first kappa shape index (κ1) is 15.0. The summed E-state index contributed by atoms with van der Waals surface area (Å²) < 4.78 is 0. The van der Waals surface area contributed by atoms with E-state index in [9.17, 15) is 4.79 Å². The Balaban J connectivity index is 2.07. The van der Waals surface area contributed by atoms with E-state index in [4.69, 9.17) is 5.73 Å². The third kappa shape index (κ3) is 3.83. The molecule has 1 amide bonds. The van der Waals surface area contributed by atoms with Gasteiger partial charge >= 0.3 is 0 Å². The molecule has 1 aromatic rings. The molecule has 0 aliphatic heterocycles. The molecule has 0 radical (unpaired) electrons. The van der Waals surface area contributed by atoms with Gasteiger partial charge in [0.05, 0.1) is 0 Å². The number of hydrogen-bond acceptors (Lipinski definition) is 2. The Bertz CT molecular complexity index is 436. The van der Waals surface area contributed by atoms with Crippen molar-refractivity contribution in [3.8, 4) is 0 Å². The first-order valence-electron chi connectivity index (χ1n) is 7.78. The predicted octanol–water partition coefficient (Wildman–Crippen LogP) is 2.98. The van der Waals surface area contributed by atoms with Crippen LogP contribution >= 0.6 is 0 Å². The van der Waals surface area contributed by atoms with Crippen LogP contribution in [0, 0.1) is 0 Å². The average molecular weight is 274 g/mol. The van der Waals surface area contributed by atoms with Gasteiger partial charge in [-0.05, 0) is 43.5 Å². The maximum absolute atomic E-state index is 12.6. The Morgan fingerprint density at radius 3 is 2.60 bits per heavy atom. The van der Waals surface area contributed by atoms with Crippen molar-refractivity contribution >= 4 is 5.91 Å². The minimum Gasteiger partial charge on any atom is -0.339 e. The van der Waals surface area contributed by atoms with Crippen LogP contribution in [0.2, 0.25) is 0 Å². The zero-order valence-electron chi connectivity index (χ0n) is 12.5. The fourth-order valence-electron chi connectivity index (χ4n) is 3.04. The van der Waals surface area contributed by atoms with Gasteiger partial charge in [0.2, 0.25) is 0 Å². The molecule has 0 atom stereocenters. The van der Waals surface area contributed by atoms with Crippen LogP contribution in [0.15, 0.2) is 24.3 Å². The zero-order valence-corrected chi connectivity index (χ0v) is 12.5. The fourth-order valence-corrected chi connectivity index (χ4v) is 3.04. The molecule has 1 aliphatic carbocycles. The number of carbonyl (C=O) groups excluding carboxylic acids is 1. The number of benzene rings is 1. The van der Waals surface area contributed by atoms with Crippen LogP contribution in [0.5, 0.6) is 0 Å².